The number of fused-ring (bicyclic) bond motifs is 1. The van der Waals surface area contributed by atoms with Crippen LogP contribution in [0, 0.1) is 0 Å². The number of rotatable bonds is 3. The summed E-state index contributed by atoms with van der Waals surface area (Å²) in [5, 5.41) is 2.04. The Balaban J connectivity index is 1.55. The lowest BCUT2D eigenvalue weighted by Gasteiger charge is -2.31. The Labute approximate surface area is 144 Å². The van der Waals surface area contributed by atoms with Gasteiger partial charge in [0.25, 0.3) is 5.91 Å². The Morgan fingerprint density at radius 3 is 2.96 bits per heavy atom. The van der Waals surface area contributed by atoms with Gasteiger partial charge in [0.15, 0.2) is 6.61 Å². The second-order valence-corrected chi connectivity index (χ2v) is 6.98. The largest absolute Gasteiger partial charge is 0.482 e. The molecule has 5 nitrogen and oxygen atoms in total. The van der Waals surface area contributed by atoms with Gasteiger partial charge in [-0.15, -0.1) is 11.3 Å². The molecule has 1 saturated heterocycles. The van der Waals surface area contributed by atoms with Crippen LogP contribution in [-0.4, -0.2) is 36.4 Å². The van der Waals surface area contributed by atoms with Gasteiger partial charge in [-0.3, -0.25) is 14.5 Å². The van der Waals surface area contributed by atoms with Crippen LogP contribution < -0.4 is 9.64 Å². The van der Waals surface area contributed by atoms with E-state index in [9.17, 15) is 9.59 Å². The van der Waals surface area contributed by atoms with Gasteiger partial charge in [0.05, 0.1) is 11.7 Å². The zero-order chi connectivity index (χ0) is 16.5. The quantitative estimate of drug-likeness (QED) is 0.862. The lowest BCUT2D eigenvalue weighted by molar-refractivity contribution is -0.132. The fourth-order valence-corrected chi connectivity index (χ4v) is 4.27. The number of anilines is 1. The number of ether oxygens (including phenoxy) is 1. The predicted molar refractivity (Wildman–Crippen MR) is 92.3 cm³/mol. The van der Waals surface area contributed by atoms with Crippen LogP contribution in [0.3, 0.4) is 0 Å². The molecule has 1 aromatic carbocycles. The van der Waals surface area contributed by atoms with E-state index in [4.69, 9.17) is 4.74 Å². The summed E-state index contributed by atoms with van der Waals surface area (Å²) < 4.78 is 5.44. The van der Waals surface area contributed by atoms with Gasteiger partial charge in [-0.25, -0.2) is 0 Å². The molecular formula is C18H18N2O3S. The summed E-state index contributed by atoms with van der Waals surface area (Å²) in [6.07, 6.45) is 1.99. The summed E-state index contributed by atoms with van der Waals surface area (Å²) in [5.74, 6) is 0.478. The molecule has 24 heavy (non-hydrogen) atoms. The summed E-state index contributed by atoms with van der Waals surface area (Å²) in [6, 6.07) is 11.6. The van der Waals surface area contributed by atoms with Crippen molar-refractivity contribution in [2.45, 2.75) is 18.9 Å². The zero-order valence-electron chi connectivity index (χ0n) is 13.2. The molecule has 1 unspecified atom stereocenters. The number of benzene rings is 1. The summed E-state index contributed by atoms with van der Waals surface area (Å²) in [6.45, 7) is 0.807. The first-order valence-electron chi connectivity index (χ1n) is 8.09. The van der Waals surface area contributed by atoms with Crippen molar-refractivity contribution >= 4 is 28.8 Å². The SMILES string of the molecule is O=C1COc2ccccc2N1CC(=O)N1CCCC1c1cccs1. The van der Waals surface area contributed by atoms with E-state index in [0.29, 0.717) is 11.4 Å². The number of carbonyl (C=O) groups excluding carboxylic acids is 2. The highest BCUT2D eigenvalue weighted by Crippen LogP contribution is 2.36. The number of hydrogen-bond acceptors (Lipinski definition) is 4. The van der Waals surface area contributed by atoms with E-state index in [1.807, 2.05) is 40.6 Å². The number of likely N-dealkylation sites (tertiary alicyclic amines) is 1. The van der Waals surface area contributed by atoms with Crippen molar-refractivity contribution in [3.05, 3.63) is 46.7 Å². The first-order chi connectivity index (χ1) is 11.7. The summed E-state index contributed by atoms with van der Waals surface area (Å²) in [7, 11) is 0. The van der Waals surface area contributed by atoms with Crippen molar-refractivity contribution in [2.24, 2.45) is 0 Å². The molecule has 0 spiro atoms. The van der Waals surface area contributed by atoms with Crippen LogP contribution in [-0.2, 0) is 9.59 Å². The standard InChI is InChI=1S/C18H18N2O3S/c21-17(19-9-3-6-14(19)16-8-4-10-24-16)11-20-13-5-1-2-7-15(13)23-12-18(20)22/h1-2,4-5,7-8,10,14H,3,6,9,11-12H2. The fourth-order valence-electron chi connectivity index (χ4n) is 3.40. The molecule has 0 bridgehead atoms. The van der Waals surface area contributed by atoms with E-state index in [1.165, 1.54) is 4.88 Å². The van der Waals surface area contributed by atoms with Crippen molar-refractivity contribution in [1.82, 2.24) is 4.90 Å². The number of amides is 2. The molecule has 124 valence electrons. The fraction of sp³-hybridized carbons (Fsp3) is 0.333. The normalized spacial score (nSPS) is 20.0. The molecule has 1 atom stereocenters. The monoisotopic (exact) mass is 342 g/mol. The van der Waals surface area contributed by atoms with Crippen LogP contribution in [0.15, 0.2) is 41.8 Å². The van der Waals surface area contributed by atoms with Gasteiger partial charge in [0.1, 0.15) is 12.3 Å². The Hall–Kier alpha value is -2.34. The molecule has 6 heteroatoms. The van der Waals surface area contributed by atoms with Gasteiger partial charge in [-0.1, -0.05) is 18.2 Å². The molecule has 2 aliphatic rings. The van der Waals surface area contributed by atoms with Crippen LogP contribution in [0.5, 0.6) is 5.75 Å². The number of carbonyl (C=O) groups is 2. The smallest absolute Gasteiger partial charge is 0.265 e. The third-order valence-electron chi connectivity index (χ3n) is 4.55. The van der Waals surface area contributed by atoms with Crippen LogP contribution >= 0.6 is 11.3 Å². The maximum atomic E-state index is 12.9. The molecule has 0 aliphatic carbocycles. The molecule has 1 fully saturated rings. The third kappa shape index (κ3) is 2.67. The van der Waals surface area contributed by atoms with E-state index >= 15 is 0 Å². The van der Waals surface area contributed by atoms with Crippen molar-refractivity contribution < 1.29 is 14.3 Å². The highest BCUT2D eigenvalue weighted by Gasteiger charge is 2.34. The average Bonchev–Trinajstić information content (AvgIpc) is 3.28. The minimum atomic E-state index is -0.172. The molecule has 4 rings (SSSR count). The van der Waals surface area contributed by atoms with E-state index < -0.39 is 0 Å². The number of para-hydroxylation sites is 2. The summed E-state index contributed by atoms with van der Waals surface area (Å²) in [4.78, 5) is 29.8. The Kier molecular flexibility index (Phi) is 3.98. The van der Waals surface area contributed by atoms with E-state index in [0.717, 1.165) is 19.4 Å². The van der Waals surface area contributed by atoms with Gasteiger partial charge in [0, 0.05) is 11.4 Å². The molecule has 2 aliphatic heterocycles. The molecule has 2 aromatic rings. The van der Waals surface area contributed by atoms with Crippen LogP contribution in [0.2, 0.25) is 0 Å². The molecule has 0 N–H and O–H groups in total. The third-order valence-corrected chi connectivity index (χ3v) is 5.52. The number of nitrogens with zero attached hydrogens (tertiary/aromatic N) is 2. The Bertz CT molecular complexity index is 759. The Morgan fingerprint density at radius 2 is 2.12 bits per heavy atom. The van der Waals surface area contributed by atoms with E-state index in [2.05, 4.69) is 6.07 Å². The van der Waals surface area contributed by atoms with Gasteiger partial charge in [0.2, 0.25) is 5.91 Å². The molecule has 0 saturated carbocycles. The van der Waals surface area contributed by atoms with Gasteiger partial charge in [-0.05, 0) is 36.4 Å². The van der Waals surface area contributed by atoms with Crippen LogP contribution in [0.4, 0.5) is 5.69 Å². The number of hydrogen-bond donors (Lipinski definition) is 0. The summed E-state index contributed by atoms with van der Waals surface area (Å²) >= 11 is 1.68. The minimum absolute atomic E-state index is 0.00375. The molecule has 1 aromatic heterocycles. The van der Waals surface area contributed by atoms with Crippen molar-refractivity contribution in [1.29, 1.82) is 0 Å². The second kappa shape index (κ2) is 6.28. The van der Waals surface area contributed by atoms with Crippen LogP contribution in [0.25, 0.3) is 0 Å². The minimum Gasteiger partial charge on any atom is -0.482 e. The maximum absolute atomic E-state index is 12.9. The first-order valence-corrected chi connectivity index (χ1v) is 8.97. The molecule has 2 amide bonds. The maximum Gasteiger partial charge on any atom is 0.265 e. The van der Waals surface area contributed by atoms with Crippen LogP contribution in [0.1, 0.15) is 23.8 Å². The van der Waals surface area contributed by atoms with Crippen molar-refractivity contribution in [3.8, 4) is 5.75 Å². The highest BCUT2D eigenvalue weighted by molar-refractivity contribution is 7.10. The van der Waals surface area contributed by atoms with E-state index in [-0.39, 0.29) is 31.0 Å². The average molecular weight is 342 g/mol. The van der Waals surface area contributed by atoms with Crippen molar-refractivity contribution in [2.75, 3.05) is 24.6 Å². The molecule has 3 heterocycles. The van der Waals surface area contributed by atoms with Gasteiger partial charge < -0.3 is 9.64 Å². The van der Waals surface area contributed by atoms with Gasteiger partial charge in [-0.2, -0.15) is 0 Å². The Morgan fingerprint density at radius 1 is 1.25 bits per heavy atom. The molecule has 0 radical (unpaired) electrons. The van der Waals surface area contributed by atoms with Crippen molar-refractivity contribution in [3.63, 3.8) is 0 Å². The molecular weight excluding hydrogens is 324 g/mol. The lowest BCUT2D eigenvalue weighted by atomic mass is 10.2. The van der Waals surface area contributed by atoms with E-state index in [1.54, 1.807) is 16.2 Å². The number of thiophene rings is 1. The van der Waals surface area contributed by atoms with Gasteiger partial charge >= 0.3 is 0 Å². The first kappa shape index (κ1) is 15.2. The summed E-state index contributed by atoms with van der Waals surface area (Å²) in [5.41, 5.74) is 0.675. The topological polar surface area (TPSA) is 49.9 Å². The second-order valence-electron chi connectivity index (χ2n) is 6.00. The zero-order valence-corrected chi connectivity index (χ0v) is 14.0. The lowest BCUT2D eigenvalue weighted by Crippen LogP contribution is -2.46. The highest BCUT2D eigenvalue weighted by atomic mass is 32.1. The predicted octanol–water partition coefficient (Wildman–Crippen LogP) is 2.84.